The van der Waals surface area contributed by atoms with Crippen molar-refractivity contribution in [3.8, 4) is 11.5 Å². The Hall–Kier alpha value is -4.12. The van der Waals surface area contributed by atoms with Crippen molar-refractivity contribution in [3.63, 3.8) is 0 Å². The monoisotopic (exact) mass is 874 g/mol. The highest BCUT2D eigenvalue weighted by atomic mass is 79.9. The maximum absolute atomic E-state index is 11.9. The number of ether oxygens (including phenoxy) is 8. The SMILES string of the molecule is CC=C(C(=O)OCC)C(=O)OCC.CCOC(=O)C(=CNc1ccc(Br)c(OCCCOC)c1)C(=O)OCC.COCCCOc1cc(N)ccc1Br. The van der Waals surface area contributed by atoms with Gasteiger partial charge in [-0.15, -0.1) is 0 Å². The van der Waals surface area contributed by atoms with Crippen molar-refractivity contribution in [2.45, 2.75) is 47.5 Å². The number of methoxy groups -OCH3 is 2. The summed E-state index contributed by atoms with van der Waals surface area (Å²) in [5.74, 6) is -1.35. The van der Waals surface area contributed by atoms with Gasteiger partial charge in [0.2, 0.25) is 0 Å². The number of halogens is 2. The molecule has 2 aromatic rings. The fourth-order valence-electron chi connectivity index (χ4n) is 3.62. The number of carbonyl (C=O) groups is 4. The summed E-state index contributed by atoms with van der Waals surface area (Å²) in [5, 5.41) is 2.90. The molecule has 0 aromatic heterocycles. The van der Waals surface area contributed by atoms with Crippen LogP contribution in [0.2, 0.25) is 0 Å². The summed E-state index contributed by atoms with van der Waals surface area (Å²) in [6.45, 7) is 11.5. The second-order valence-electron chi connectivity index (χ2n) is 10.0. The van der Waals surface area contributed by atoms with Crippen LogP contribution in [-0.2, 0) is 47.6 Å². The van der Waals surface area contributed by atoms with Gasteiger partial charge in [0, 0.05) is 70.0 Å². The lowest BCUT2D eigenvalue weighted by atomic mass is 10.2. The normalized spacial score (nSPS) is 9.75. The molecule has 0 aliphatic carbocycles. The number of nitrogens with two attached hydrogens (primary N) is 1. The van der Waals surface area contributed by atoms with Gasteiger partial charge in [0.1, 0.15) is 17.1 Å². The Morgan fingerprint density at radius 3 is 1.47 bits per heavy atom. The molecule has 0 saturated carbocycles. The third-order valence-electron chi connectivity index (χ3n) is 6.04. The summed E-state index contributed by atoms with van der Waals surface area (Å²) >= 11 is 6.81. The molecule has 0 aliphatic rings. The molecule has 0 fully saturated rings. The molecular weight excluding hydrogens is 824 g/mol. The van der Waals surface area contributed by atoms with Gasteiger partial charge >= 0.3 is 23.9 Å². The van der Waals surface area contributed by atoms with Gasteiger partial charge in [-0.25, -0.2) is 19.2 Å². The van der Waals surface area contributed by atoms with Crippen molar-refractivity contribution in [2.24, 2.45) is 0 Å². The lowest BCUT2D eigenvalue weighted by Crippen LogP contribution is -2.19. The molecule has 2 rings (SSSR count). The molecule has 0 aliphatic heterocycles. The zero-order valence-electron chi connectivity index (χ0n) is 31.4. The number of allylic oxidation sites excluding steroid dienone is 1. The first-order chi connectivity index (χ1) is 25.4. The minimum absolute atomic E-state index is 0.0521. The van der Waals surface area contributed by atoms with Crippen LogP contribution in [0.1, 0.15) is 47.5 Å². The van der Waals surface area contributed by atoms with E-state index in [1.807, 2.05) is 12.1 Å². The predicted octanol–water partition coefficient (Wildman–Crippen LogP) is 6.79. The number of carbonyl (C=O) groups excluding carboxylic acids is 4. The first-order valence-electron chi connectivity index (χ1n) is 16.8. The molecular formula is C37H52Br2N2O12. The van der Waals surface area contributed by atoms with E-state index in [0.29, 0.717) is 43.6 Å². The van der Waals surface area contributed by atoms with E-state index >= 15 is 0 Å². The smallest absolute Gasteiger partial charge is 0.347 e. The minimum Gasteiger partial charge on any atom is -0.492 e. The van der Waals surface area contributed by atoms with Crippen LogP contribution in [0.15, 0.2) is 68.8 Å². The maximum atomic E-state index is 11.9. The Morgan fingerprint density at radius 1 is 0.642 bits per heavy atom. The molecule has 0 spiro atoms. The third-order valence-corrected chi connectivity index (χ3v) is 7.35. The van der Waals surface area contributed by atoms with Crippen molar-refractivity contribution in [1.29, 1.82) is 0 Å². The number of rotatable bonds is 20. The number of esters is 4. The number of nitrogen functional groups attached to an aromatic ring is 1. The van der Waals surface area contributed by atoms with Crippen LogP contribution < -0.4 is 20.5 Å². The Kier molecular flexibility index (Phi) is 28.0. The highest BCUT2D eigenvalue weighted by molar-refractivity contribution is 9.10. The number of hydrogen-bond acceptors (Lipinski definition) is 14. The van der Waals surface area contributed by atoms with Crippen LogP contribution >= 0.6 is 31.9 Å². The van der Waals surface area contributed by atoms with Crippen molar-refractivity contribution >= 4 is 67.1 Å². The topological polar surface area (TPSA) is 180 Å². The van der Waals surface area contributed by atoms with Crippen LogP contribution in [0, 0.1) is 0 Å². The second-order valence-corrected chi connectivity index (χ2v) is 11.7. The molecule has 0 saturated heterocycles. The van der Waals surface area contributed by atoms with Crippen LogP contribution in [0.25, 0.3) is 0 Å². The summed E-state index contributed by atoms with van der Waals surface area (Å²) in [6, 6.07) is 10.8. The van der Waals surface area contributed by atoms with Crippen LogP contribution in [0.5, 0.6) is 11.5 Å². The van der Waals surface area contributed by atoms with E-state index in [1.54, 1.807) is 73.1 Å². The zero-order chi connectivity index (χ0) is 40.0. The third kappa shape index (κ3) is 21.2. The summed E-state index contributed by atoms with van der Waals surface area (Å²) < 4.78 is 41.9. The minimum atomic E-state index is -0.744. The number of benzene rings is 2. The summed E-state index contributed by atoms with van der Waals surface area (Å²) in [5.41, 5.74) is 6.71. The van der Waals surface area contributed by atoms with Crippen LogP contribution in [-0.4, -0.2) is 91.0 Å². The maximum Gasteiger partial charge on any atom is 0.347 e. The van der Waals surface area contributed by atoms with E-state index < -0.39 is 23.9 Å². The van der Waals surface area contributed by atoms with Crippen LogP contribution in [0.3, 0.4) is 0 Å². The van der Waals surface area contributed by atoms with Gasteiger partial charge in [0.05, 0.1) is 48.6 Å². The summed E-state index contributed by atoms with van der Waals surface area (Å²) in [6.07, 6.45) is 4.29. The molecule has 16 heteroatoms. The predicted molar refractivity (Wildman–Crippen MR) is 209 cm³/mol. The van der Waals surface area contributed by atoms with E-state index in [1.165, 1.54) is 12.3 Å². The first kappa shape index (κ1) is 48.9. The fraction of sp³-hybridized carbons (Fsp3) is 0.459. The van der Waals surface area contributed by atoms with Gasteiger partial charge in [-0.1, -0.05) is 6.08 Å². The fourth-order valence-corrected chi connectivity index (χ4v) is 4.34. The van der Waals surface area contributed by atoms with Crippen molar-refractivity contribution in [2.75, 3.05) is 78.1 Å². The quantitative estimate of drug-likeness (QED) is 0.0270. The van der Waals surface area contributed by atoms with Crippen LogP contribution in [0.4, 0.5) is 11.4 Å². The van der Waals surface area contributed by atoms with Gasteiger partial charge in [-0.05, 0) is 90.7 Å². The second kappa shape index (κ2) is 30.4. The van der Waals surface area contributed by atoms with Gasteiger partial charge in [-0.2, -0.15) is 0 Å². The lowest BCUT2D eigenvalue weighted by molar-refractivity contribution is -0.148. The average Bonchev–Trinajstić information content (AvgIpc) is 3.12. The molecule has 3 N–H and O–H groups in total. The molecule has 0 unspecified atom stereocenters. The lowest BCUT2D eigenvalue weighted by Gasteiger charge is -2.11. The first-order valence-corrected chi connectivity index (χ1v) is 18.4. The highest BCUT2D eigenvalue weighted by Crippen LogP contribution is 2.29. The van der Waals surface area contributed by atoms with E-state index in [0.717, 1.165) is 27.5 Å². The molecule has 0 heterocycles. The van der Waals surface area contributed by atoms with Gasteiger partial charge in [0.25, 0.3) is 0 Å². The van der Waals surface area contributed by atoms with Gasteiger partial charge < -0.3 is 48.9 Å². The van der Waals surface area contributed by atoms with Crippen molar-refractivity contribution in [3.05, 3.63) is 68.8 Å². The summed E-state index contributed by atoms with van der Waals surface area (Å²) in [4.78, 5) is 46.1. The Balaban J connectivity index is 0.000000843. The molecule has 0 bridgehead atoms. The largest absolute Gasteiger partial charge is 0.492 e. The Bertz CT molecular complexity index is 1430. The molecule has 0 atom stereocenters. The number of nitrogens with one attached hydrogen (secondary N) is 1. The summed E-state index contributed by atoms with van der Waals surface area (Å²) in [7, 11) is 3.31. The molecule has 14 nitrogen and oxygen atoms in total. The van der Waals surface area contributed by atoms with E-state index in [2.05, 4.69) is 46.7 Å². The standard InChI is InChI=1S/C18H24BrNO6.C10H14BrNO2.C9H14O4/c1-4-24-17(21)14(18(22)25-5-2)12-20-13-7-8-15(19)16(11-13)26-10-6-9-23-3;1-13-5-2-6-14-10-7-8(12)3-4-9(10)11;1-4-7(8(10)12-5-2)9(11)13-6-3/h7-8,11-12,20H,4-6,9-10H2,1-3H3;3-4,7H,2,5-6,12H2,1H3;4H,5-6H2,1-3H3. The molecule has 0 amide bonds. The zero-order valence-corrected chi connectivity index (χ0v) is 34.6. The van der Waals surface area contributed by atoms with Gasteiger partial charge in [-0.3, -0.25) is 0 Å². The van der Waals surface area contributed by atoms with Crippen molar-refractivity contribution in [1.82, 2.24) is 0 Å². The molecule has 0 radical (unpaired) electrons. The van der Waals surface area contributed by atoms with E-state index in [4.69, 9.17) is 34.2 Å². The highest BCUT2D eigenvalue weighted by Gasteiger charge is 2.21. The molecule has 2 aromatic carbocycles. The van der Waals surface area contributed by atoms with Crippen molar-refractivity contribution < 1.29 is 57.1 Å². The van der Waals surface area contributed by atoms with E-state index in [9.17, 15) is 19.2 Å². The van der Waals surface area contributed by atoms with E-state index in [-0.39, 0.29) is 37.6 Å². The number of anilines is 2. The van der Waals surface area contributed by atoms with Gasteiger partial charge in [0.15, 0.2) is 5.57 Å². The average molecular weight is 877 g/mol. The number of hydrogen-bond donors (Lipinski definition) is 2. The molecule has 296 valence electrons. The molecule has 53 heavy (non-hydrogen) atoms. The Morgan fingerprint density at radius 2 is 1.06 bits per heavy atom. The Labute approximate surface area is 328 Å².